The number of fused-ring (bicyclic) bond motifs is 1. The van der Waals surface area contributed by atoms with Crippen molar-refractivity contribution >= 4 is 23.3 Å². The number of rotatable bonds is 7. The lowest BCUT2D eigenvalue weighted by Gasteiger charge is -2.33. The van der Waals surface area contributed by atoms with Crippen LogP contribution in [0, 0.1) is 0 Å². The van der Waals surface area contributed by atoms with Crippen LogP contribution < -0.4 is 15.0 Å². The molecule has 3 aromatic rings. The van der Waals surface area contributed by atoms with Crippen LogP contribution in [0.1, 0.15) is 37.0 Å². The van der Waals surface area contributed by atoms with Gasteiger partial charge in [-0.3, -0.25) is 14.5 Å². The van der Waals surface area contributed by atoms with Gasteiger partial charge in [0.1, 0.15) is 0 Å². The van der Waals surface area contributed by atoms with Gasteiger partial charge in [-0.05, 0) is 42.7 Å². The van der Waals surface area contributed by atoms with Crippen LogP contribution >= 0.6 is 0 Å². The second-order valence-corrected chi connectivity index (χ2v) is 7.43. The van der Waals surface area contributed by atoms with Crippen molar-refractivity contribution in [1.29, 1.82) is 0 Å². The molecule has 2 heterocycles. The Labute approximate surface area is 181 Å². The van der Waals surface area contributed by atoms with Crippen LogP contribution in [0.3, 0.4) is 0 Å². The number of anilines is 2. The molecule has 0 radical (unpaired) electrons. The highest BCUT2D eigenvalue weighted by molar-refractivity contribution is 5.99. The molecule has 0 fully saturated rings. The molecule has 1 aliphatic rings. The van der Waals surface area contributed by atoms with E-state index in [1.807, 2.05) is 60.7 Å². The fourth-order valence-electron chi connectivity index (χ4n) is 3.60. The lowest BCUT2D eigenvalue weighted by molar-refractivity contribution is -0.127. The molecular weight excluding hydrogens is 390 g/mol. The molecule has 0 unspecified atom stereocenters. The summed E-state index contributed by atoms with van der Waals surface area (Å²) >= 11 is 0. The summed E-state index contributed by atoms with van der Waals surface area (Å²) in [4.78, 5) is 31.5. The fourth-order valence-corrected chi connectivity index (χ4v) is 3.60. The number of nitrogens with one attached hydrogen (secondary N) is 1. The second-order valence-electron chi connectivity index (χ2n) is 7.43. The van der Waals surface area contributed by atoms with Crippen molar-refractivity contribution in [2.24, 2.45) is 0 Å². The largest absolute Gasteiger partial charge is 0.472 e. The zero-order valence-corrected chi connectivity index (χ0v) is 17.5. The van der Waals surface area contributed by atoms with Gasteiger partial charge in [0.15, 0.2) is 11.6 Å². The van der Waals surface area contributed by atoms with Gasteiger partial charge >= 0.3 is 0 Å². The van der Waals surface area contributed by atoms with Crippen molar-refractivity contribution in [3.05, 3.63) is 84.1 Å². The predicted molar refractivity (Wildman–Crippen MR) is 120 cm³/mol. The molecule has 6 nitrogen and oxygen atoms in total. The van der Waals surface area contributed by atoms with E-state index in [0.717, 1.165) is 17.7 Å². The molecule has 1 aromatic heterocycles. The highest BCUT2D eigenvalue weighted by atomic mass is 16.5. The Morgan fingerprint density at radius 1 is 1.06 bits per heavy atom. The van der Waals surface area contributed by atoms with Crippen molar-refractivity contribution in [3.63, 3.8) is 0 Å². The first-order valence-electron chi connectivity index (χ1n) is 10.5. The van der Waals surface area contributed by atoms with Crippen LogP contribution in [0.15, 0.2) is 72.9 Å². The first kappa shape index (κ1) is 20.6. The van der Waals surface area contributed by atoms with Gasteiger partial charge in [0, 0.05) is 30.4 Å². The van der Waals surface area contributed by atoms with Crippen molar-refractivity contribution in [2.45, 2.75) is 32.3 Å². The summed E-state index contributed by atoms with van der Waals surface area (Å²) in [6.07, 6.45) is 2.70. The maximum Gasteiger partial charge on any atom is 0.274 e. The number of pyridine rings is 1. The van der Waals surface area contributed by atoms with Crippen molar-refractivity contribution in [1.82, 2.24) is 4.98 Å². The third-order valence-corrected chi connectivity index (χ3v) is 5.28. The highest BCUT2D eigenvalue weighted by Gasteiger charge is 2.36. The number of benzene rings is 2. The van der Waals surface area contributed by atoms with Crippen molar-refractivity contribution in [3.8, 4) is 5.75 Å². The van der Waals surface area contributed by atoms with Crippen molar-refractivity contribution in [2.75, 3.05) is 16.8 Å². The zero-order chi connectivity index (χ0) is 21.6. The Kier molecular flexibility index (Phi) is 6.26. The quantitative estimate of drug-likeness (QED) is 0.615. The molecule has 1 aliphatic heterocycles. The number of hydrogen-bond acceptors (Lipinski definition) is 4. The average Bonchev–Trinajstić information content (AvgIpc) is 2.81. The third kappa shape index (κ3) is 4.74. The standard InChI is InChI=1S/C25H25N3O3/c1-2-18-12-14-20(15-13-18)27-22(29)11-7-17-28-24-21(10-6-16-26-24)31-23(25(28)30)19-8-4-3-5-9-19/h3-6,8-10,12-16,23H,2,7,11,17H2,1H3,(H,27,29)/t23-/m0/s1. The monoisotopic (exact) mass is 415 g/mol. The molecule has 0 spiro atoms. The predicted octanol–water partition coefficient (Wildman–Crippen LogP) is 4.53. The number of hydrogen-bond donors (Lipinski definition) is 1. The average molecular weight is 415 g/mol. The summed E-state index contributed by atoms with van der Waals surface area (Å²) in [5.74, 6) is 0.811. The minimum Gasteiger partial charge on any atom is -0.472 e. The Morgan fingerprint density at radius 2 is 1.84 bits per heavy atom. The normalized spacial score (nSPS) is 15.2. The number of carbonyl (C=O) groups excluding carboxylic acids is 2. The van der Waals surface area contributed by atoms with E-state index in [4.69, 9.17) is 4.74 Å². The van der Waals surface area contributed by atoms with Crippen LogP contribution in [-0.2, 0) is 16.0 Å². The van der Waals surface area contributed by atoms with Gasteiger partial charge < -0.3 is 10.1 Å². The highest BCUT2D eigenvalue weighted by Crippen LogP contribution is 2.37. The van der Waals surface area contributed by atoms with Gasteiger partial charge in [0.05, 0.1) is 0 Å². The van der Waals surface area contributed by atoms with Gasteiger partial charge in [-0.1, -0.05) is 49.4 Å². The minimum absolute atomic E-state index is 0.0780. The van der Waals surface area contributed by atoms with Crippen LogP contribution in [0.25, 0.3) is 0 Å². The summed E-state index contributed by atoms with van der Waals surface area (Å²) in [6.45, 7) is 2.48. The maximum atomic E-state index is 13.2. The third-order valence-electron chi connectivity index (χ3n) is 5.28. The number of aryl methyl sites for hydroxylation is 1. The Morgan fingerprint density at radius 3 is 2.58 bits per heavy atom. The molecule has 2 amide bonds. The minimum atomic E-state index is -0.719. The molecule has 31 heavy (non-hydrogen) atoms. The van der Waals surface area contributed by atoms with Crippen molar-refractivity contribution < 1.29 is 14.3 Å². The second kappa shape index (κ2) is 9.43. The van der Waals surface area contributed by atoms with Gasteiger partial charge in [-0.15, -0.1) is 0 Å². The van der Waals surface area contributed by atoms with Crippen LogP contribution in [0.5, 0.6) is 5.75 Å². The van der Waals surface area contributed by atoms with E-state index >= 15 is 0 Å². The maximum absolute atomic E-state index is 13.2. The van der Waals surface area contributed by atoms with E-state index in [1.165, 1.54) is 5.56 Å². The zero-order valence-electron chi connectivity index (χ0n) is 17.5. The number of nitrogens with zero attached hydrogens (tertiary/aromatic N) is 2. The summed E-state index contributed by atoms with van der Waals surface area (Å²) in [5, 5.41) is 2.91. The fraction of sp³-hybridized carbons (Fsp3) is 0.240. The summed E-state index contributed by atoms with van der Waals surface area (Å²) in [7, 11) is 0. The molecular formula is C25H25N3O3. The van der Waals surface area contributed by atoms with Crippen LogP contribution in [0.4, 0.5) is 11.5 Å². The molecule has 1 N–H and O–H groups in total. The Bertz CT molecular complexity index is 1050. The first-order valence-corrected chi connectivity index (χ1v) is 10.5. The number of carbonyl (C=O) groups is 2. The SMILES string of the molecule is CCc1ccc(NC(=O)CCCN2C(=O)[C@H](c3ccccc3)Oc3cccnc32)cc1. The molecule has 1 atom stereocenters. The van der Waals surface area contributed by atoms with E-state index < -0.39 is 6.10 Å². The Hall–Kier alpha value is -3.67. The number of ether oxygens (including phenoxy) is 1. The molecule has 4 rings (SSSR count). The molecule has 0 saturated carbocycles. The molecule has 2 aromatic carbocycles. The summed E-state index contributed by atoms with van der Waals surface area (Å²) in [5.41, 5.74) is 2.80. The summed E-state index contributed by atoms with van der Waals surface area (Å²) < 4.78 is 5.95. The van der Waals surface area contributed by atoms with Crippen LogP contribution in [0.2, 0.25) is 0 Å². The van der Waals surface area contributed by atoms with Gasteiger partial charge in [0.25, 0.3) is 5.91 Å². The first-order chi connectivity index (χ1) is 15.2. The number of aromatic nitrogens is 1. The number of amides is 2. The van der Waals surface area contributed by atoms with Gasteiger partial charge in [-0.2, -0.15) is 0 Å². The van der Waals surface area contributed by atoms with E-state index in [1.54, 1.807) is 17.2 Å². The lowest BCUT2D eigenvalue weighted by atomic mass is 10.1. The van der Waals surface area contributed by atoms with E-state index in [-0.39, 0.29) is 11.8 Å². The Balaban J connectivity index is 1.41. The molecule has 0 aliphatic carbocycles. The lowest BCUT2D eigenvalue weighted by Crippen LogP contribution is -2.42. The molecule has 158 valence electrons. The molecule has 0 bridgehead atoms. The summed E-state index contributed by atoms with van der Waals surface area (Å²) in [6, 6.07) is 20.8. The van der Waals surface area contributed by atoms with E-state index in [9.17, 15) is 9.59 Å². The van der Waals surface area contributed by atoms with Gasteiger partial charge in [-0.25, -0.2) is 4.98 Å². The van der Waals surface area contributed by atoms with Crippen LogP contribution in [-0.4, -0.2) is 23.3 Å². The topological polar surface area (TPSA) is 71.5 Å². The van der Waals surface area contributed by atoms with E-state index in [2.05, 4.69) is 17.2 Å². The smallest absolute Gasteiger partial charge is 0.274 e. The van der Waals surface area contributed by atoms with E-state index in [0.29, 0.717) is 31.0 Å². The van der Waals surface area contributed by atoms with Gasteiger partial charge in [0.2, 0.25) is 12.0 Å². The molecule has 6 heteroatoms. The molecule has 0 saturated heterocycles.